The van der Waals surface area contributed by atoms with Gasteiger partial charge < -0.3 is 4.74 Å². The van der Waals surface area contributed by atoms with Gasteiger partial charge in [0.2, 0.25) is 0 Å². The van der Waals surface area contributed by atoms with Crippen molar-refractivity contribution in [3.8, 4) is 0 Å². The van der Waals surface area contributed by atoms with Crippen LogP contribution in [-0.4, -0.2) is 17.9 Å². The maximum Gasteiger partial charge on any atom is 0.338 e. The summed E-state index contributed by atoms with van der Waals surface area (Å²) in [5.74, 6) is 1.61. The van der Waals surface area contributed by atoms with Crippen molar-refractivity contribution in [2.45, 2.75) is 45.6 Å². The molecule has 1 aromatic rings. The highest BCUT2D eigenvalue weighted by Gasteiger charge is 2.56. The van der Waals surface area contributed by atoms with Crippen molar-refractivity contribution in [1.29, 1.82) is 0 Å². The number of carbonyl (C=O) groups excluding carboxylic acids is 2. The zero-order valence-corrected chi connectivity index (χ0v) is 15.0. The van der Waals surface area contributed by atoms with Gasteiger partial charge >= 0.3 is 5.97 Å². The van der Waals surface area contributed by atoms with Crippen LogP contribution in [0.25, 0.3) is 0 Å². The minimum absolute atomic E-state index is 0.0208. The molecule has 0 heterocycles. The number of ketones is 1. The molecular formula is C22H26O3. The maximum atomic E-state index is 12.5. The van der Waals surface area contributed by atoms with Gasteiger partial charge in [-0.25, -0.2) is 4.79 Å². The van der Waals surface area contributed by atoms with E-state index in [0.29, 0.717) is 23.3 Å². The fraction of sp³-hybridized carbons (Fsp3) is 0.545. The molecule has 0 spiro atoms. The van der Waals surface area contributed by atoms with Crippen LogP contribution in [0.4, 0.5) is 0 Å². The van der Waals surface area contributed by atoms with E-state index in [4.69, 9.17) is 4.74 Å². The average molecular weight is 338 g/mol. The lowest BCUT2D eigenvalue weighted by Crippen LogP contribution is -2.47. The predicted molar refractivity (Wildman–Crippen MR) is 96.0 cm³/mol. The topological polar surface area (TPSA) is 43.4 Å². The highest BCUT2D eigenvalue weighted by molar-refractivity contribution is 5.92. The highest BCUT2D eigenvalue weighted by Crippen LogP contribution is 2.59. The molecule has 0 unspecified atom stereocenters. The summed E-state index contributed by atoms with van der Waals surface area (Å²) in [7, 11) is 0. The summed E-state index contributed by atoms with van der Waals surface area (Å²) in [6, 6.07) is 9.26. The first kappa shape index (κ1) is 16.6. The number of rotatable bonds is 2. The van der Waals surface area contributed by atoms with Crippen LogP contribution < -0.4 is 0 Å². The Labute approximate surface area is 149 Å². The van der Waals surface area contributed by atoms with E-state index in [-0.39, 0.29) is 29.2 Å². The van der Waals surface area contributed by atoms with Gasteiger partial charge in [-0.2, -0.15) is 0 Å². The van der Waals surface area contributed by atoms with E-state index in [1.54, 1.807) is 6.08 Å². The number of hydrogen-bond donors (Lipinski definition) is 0. The van der Waals surface area contributed by atoms with Gasteiger partial charge in [-0.1, -0.05) is 38.1 Å². The summed E-state index contributed by atoms with van der Waals surface area (Å²) in [5, 5.41) is 0. The summed E-state index contributed by atoms with van der Waals surface area (Å²) in [4.78, 5) is 24.5. The smallest absolute Gasteiger partial charge is 0.338 e. The van der Waals surface area contributed by atoms with Crippen molar-refractivity contribution in [3.05, 3.63) is 48.0 Å². The van der Waals surface area contributed by atoms with Crippen molar-refractivity contribution in [1.82, 2.24) is 0 Å². The van der Waals surface area contributed by atoms with E-state index in [2.05, 4.69) is 19.9 Å². The maximum absolute atomic E-state index is 12.5. The normalized spacial score (nSPS) is 39.6. The molecule has 3 heteroatoms. The number of fused-ring (bicyclic) bond motifs is 3. The number of carbonyl (C=O) groups is 2. The van der Waals surface area contributed by atoms with E-state index in [9.17, 15) is 9.59 Å². The third-order valence-electron chi connectivity index (χ3n) is 7.13. The Hall–Kier alpha value is -1.90. The summed E-state index contributed by atoms with van der Waals surface area (Å²) < 4.78 is 5.97. The van der Waals surface area contributed by atoms with Gasteiger partial charge in [0.1, 0.15) is 6.10 Å². The van der Waals surface area contributed by atoms with E-state index >= 15 is 0 Å². The average Bonchev–Trinajstić information content (AvgIpc) is 2.95. The molecule has 0 N–H and O–H groups in total. The van der Waals surface area contributed by atoms with Gasteiger partial charge in [-0.05, 0) is 61.6 Å². The standard InChI is InChI=1S/C22H26O3/c1-14-16-12-13-22(2)18(17(16)8-10-19(14)23)9-11-20(22)25-21(24)15-6-4-3-5-7-15/h3-8,10,14,16-18,20H,9,11-13H2,1-2H3/t14-,16+,17-,18-,20+,22-/m1/s1. The Kier molecular flexibility index (Phi) is 4.05. The largest absolute Gasteiger partial charge is 0.458 e. The van der Waals surface area contributed by atoms with Gasteiger partial charge in [0.05, 0.1) is 5.56 Å². The Bertz CT molecular complexity index is 707. The first-order valence-corrected chi connectivity index (χ1v) is 9.49. The van der Waals surface area contributed by atoms with Crippen LogP contribution in [-0.2, 0) is 9.53 Å². The molecule has 3 nitrogen and oxygen atoms in total. The SMILES string of the molecule is C[C@H]1C(=O)C=C[C@@H]2[C@H]1CC[C@@]1(C)[C@@H](OC(=O)c3ccccc3)CC[C@H]21. The Morgan fingerprint density at radius 3 is 2.68 bits per heavy atom. The number of hydrogen-bond acceptors (Lipinski definition) is 3. The van der Waals surface area contributed by atoms with Crippen LogP contribution in [0.2, 0.25) is 0 Å². The fourth-order valence-corrected chi connectivity index (χ4v) is 5.57. The molecule has 25 heavy (non-hydrogen) atoms. The zero-order chi connectivity index (χ0) is 17.6. The lowest BCUT2D eigenvalue weighted by molar-refractivity contribution is -0.123. The summed E-state index contributed by atoms with van der Waals surface area (Å²) in [6.45, 7) is 4.37. The van der Waals surface area contributed by atoms with Crippen molar-refractivity contribution >= 4 is 11.8 Å². The molecule has 0 aliphatic heterocycles. The summed E-state index contributed by atoms with van der Waals surface area (Å²) in [6.07, 6.45) is 8.02. The van der Waals surface area contributed by atoms with Gasteiger partial charge in [-0.15, -0.1) is 0 Å². The molecule has 0 amide bonds. The highest BCUT2D eigenvalue weighted by atomic mass is 16.5. The summed E-state index contributed by atoms with van der Waals surface area (Å²) in [5.41, 5.74) is 0.649. The van der Waals surface area contributed by atoms with Crippen molar-refractivity contribution < 1.29 is 14.3 Å². The quantitative estimate of drug-likeness (QED) is 0.749. The number of ether oxygens (including phenoxy) is 1. The van der Waals surface area contributed by atoms with Crippen LogP contribution in [0.5, 0.6) is 0 Å². The molecule has 2 fully saturated rings. The molecule has 0 aromatic heterocycles. The second kappa shape index (κ2) is 6.12. The van der Waals surface area contributed by atoms with E-state index in [0.717, 1.165) is 25.7 Å². The molecule has 0 saturated heterocycles. The van der Waals surface area contributed by atoms with Crippen LogP contribution >= 0.6 is 0 Å². The van der Waals surface area contributed by atoms with Crippen LogP contribution in [0.1, 0.15) is 49.9 Å². The molecule has 2 saturated carbocycles. The minimum atomic E-state index is -0.211. The molecule has 0 bridgehead atoms. The number of esters is 1. The first-order chi connectivity index (χ1) is 12.0. The van der Waals surface area contributed by atoms with Gasteiger partial charge in [0.25, 0.3) is 0 Å². The van der Waals surface area contributed by atoms with Crippen LogP contribution in [0.3, 0.4) is 0 Å². The monoisotopic (exact) mass is 338 g/mol. The Morgan fingerprint density at radius 1 is 1.16 bits per heavy atom. The molecule has 0 radical (unpaired) electrons. The molecule has 1 aromatic carbocycles. The van der Waals surface area contributed by atoms with Crippen molar-refractivity contribution in [2.75, 3.05) is 0 Å². The first-order valence-electron chi connectivity index (χ1n) is 9.49. The fourth-order valence-electron chi connectivity index (χ4n) is 5.57. The summed E-state index contributed by atoms with van der Waals surface area (Å²) >= 11 is 0. The van der Waals surface area contributed by atoms with E-state index in [1.165, 1.54) is 0 Å². The Balaban J connectivity index is 1.54. The number of allylic oxidation sites excluding steroid dienone is 2. The van der Waals surface area contributed by atoms with Gasteiger partial charge in [0.15, 0.2) is 5.78 Å². The van der Waals surface area contributed by atoms with Crippen molar-refractivity contribution in [3.63, 3.8) is 0 Å². The number of benzene rings is 1. The minimum Gasteiger partial charge on any atom is -0.458 e. The molecular weight excluding hydrogens is 312 g/mol. The van der Waals surface area contributed by atoms with E-state index < -0.39 is 0 Å². The molecule has 6 atom stereocenters. The third-order valence-corrected chi connectivity index (χ3v) is 7.13. The third kappa shape index (κ3) is 2.65. The van der Waals surface area contributed by atoms with Gasteiger partial charge in [0, 0.05) is 11.3 Å². The molecule has 3 aliphatic carbocycles. The van der Waals surface area contributed by atoms with Crippen LogP contribution in [0.15, 0.2) is 42.5 Å². The lowest BCUT2D eigenvalue weighted by atomic mass is 9.56. The molecule has 132 valence electrons. The second-order valence-electron chi connectivity index (χ2n) is 8.28. The lowest BCUT2D eigenvalue weighted by Gasteiger charge is -2.49. The van der Waals surface area contributed by atoms with Crippen molar-refractivity contribution in [2.24, 2.45) is 29.1 Å². The van der Waals surface area contributed by atoms with Gasteiger partial charge in [-0.3, -0.25) is 4.79 Å². The molecule has 4 rings (SSSR count). The Morgan fingerprint density at radius 2 is 1.92 bits per heavy atom. The zero-order valence-electron chi connectivity index (χ0n) is 15.0. The predicted octanol–water partition coefficient (Wildman–Crippen LogP) is 4.43. The van der Waals surface area contributed by atoms with Crippen LogP contribution in [0, 0.1) is 29.1 Å². The van der Waals surface area contributed by atoms with E-state index in [1.807, 2.05) is 30.3 Å². The molecule has 3 aliphatic rings. The second-order valence-corrected chi connectivity index (χ2v) is 8.28.